The number of hydrogen-bond acceptors (Lipinski definition) is 4. The molecule has 0 aliphatic heterocycles. The Bertz CT molecular complexity index is 1190. The smallest absolute Gasteiger partial charge is 0.264 e. The second-order valence-corrected chi connectivity index (χ2v) is 10.3. The maximum atomic E-state index is 13.5. The summed E-state index contributed by atoms with van der Waals surface area (Å²) in [6.45, 7) is 5.55. The van der Waals surface area contributed by atoms with Crippen molar-refractivity contribution in [2.45, 2.75) is 37.0 Å². The lowest BCUT2D eigenvalue weighted by Gasteiger charge is -2.25. The number of benzene rings is 3. The first-order valence-corrected chi connectivity index (χ1v) is 13.0. The van der Waals surface area contributed by atoms with E-state index < -0.39 is 10.0 Å². The van der Waals surface area contributed by atoms with Crippen molar-refractivity contribution in [3.8, 4) is 0 Å². The van der Waals surface area contributed by atoms with Crippen molar-refractivity contribution in [2.75, 3.05) is 22.4 Å². The van der Waals surface area contributed by atoms with Crippen LogP contribution < -0.4 is 9.62 Å². The first kappa shape index (κ1) is 23.9. The number of rotatable bonds is 8. The van der Waals surface area contributed by atoms with Crippen molar-refractivity contribution < 1.29 is 13.2 Å². The third kappa shape index (κ3) is 5.34. The number of carbonyl (C=O) groups excluding carboxylic acids is 1. The van der Waals surface area contributed by atoms with Gasteiger partial charge in [-0.15, -0.1) is 11.8 Å². The SMILES string of the molecule is CCc1cccc(C)c1NC(=O)CN(c1ccc(C)cc1)S(=O)(=O)c1ccc(SC)cc1. The molecule has 7 heteroatoms. The zero-order chi connectivity index (χ0) is 23.3. The highest BCUT2D eigenvalue weighted by molar-refractivity contribution is 7.98. The number of carbonyl (C=O) groups is 1. The van der Waals surface area contributed by atoms with Gasteiger partial charge in [-0.25, -0.2) is 8.42 Å². The topological polar surface area (TPSA) is 66.5 Å². The van der Waals surface area contributed by atoms with Crippen molar-refractivity contribution in [3.05, 3.63) is 83.4 Å². The number of nitrogens with one attached hydrogen (secondary N) is 1. The molecule has 0 heterocycles. The molecule has 0 saturated heterocycles. The minimum Gasteiger partial charge on any atom is -0.324 e. The Morgan fingerprint density at radius 3 is 2.22 bits per heavy atom. The predicted molar refractivity (Wildman–Crippen MR) is 133 cm³/mol. The average molecular weight is 469 g/mol. The average Bonchev–Trinajstić information content (AvgIpc) is 2.79. The zero-order valence-electron chi connectivity index (χ0n) is 18.8. The third-order valence-electron chi connectivity index (χ3n) is 5.26. The molecule has 1 amide bonds. The van der Waals surface area contributed by atoms with E-state index in [1.165, 1.54) is 16.1 Å². The van der Waals surface area contributed by atoms with E-state index in [1.807, 2.05) is 57.4 Å². The minimum atomic E-state index is -3.94. The van der Waals surface area contributed by atoms with Gasteiger partial charge >= 0.3 is 0 Å². The van der Waals surface area contributed by atoms with Crippen LogP contribution in [0.1, 0.15) is 23.6 Å². The van der Waals surface area contributed by atoms with Crippen molar-refractivity contribution in [3.63, 3.8) is 0 Å². The second-order valence-electron chi connectivity index (χ2n) is 7.53. The van der Waals surface area contributed by atoms with E-state index in [2.05, 4.69) is 5.32 Å². The van der Waals surface area contributed by atoms with Crippen LogP contribution in [0.3, 0.4) is 0 Å². The van der Waals surface area contributed by atoms with E-state index in [0.717, 1.165) is 33.7 Å². The van der Waals surface area contributed by atoms with Gasteiger partial charge < -0.3 is 5.32 Å². The maximum absolute atomic E-state index is 13.5. The molecule has 0 unspecified atom stereocenters. The molecule has 0 saturated carbocycles. The summed E-state index contributed by atoms with van der Waals surface area (Å²) in [4.78, 5) is 14.2. The number of sulfonamides is 1. The van der Waals surface area contributed by atoms with Gasteiger partial charge in [0.15, 0.2) is 0 Å². The van der Waals surface area contributed by atoms with E-state index in [1.54, 1.807) is 36.4 Å². The molecule has 168 valence electrons. The standard InChI is InChI=1S/C25H28N2O3S2/c1-5-20-8-6-7-19(3)25(20)26-24(28)17-27(21-11-9-18(2)10-12-21)32(29,30)23-15-13-22(31-4)14-16-23/h6-16H,5,17H2,1-4H3,(H,26,28). The molecule has 3 rings (SSSR count). The largest absolute Gasteiger partial charge is 0.324 e. The molecule has 0 aliphatic rings. The van der Waals surface area contributed by atoms with Crippen LogP contribution in [0.4, 0.5) is 11.4 Å². The van der Waals surface area contributed by atoms with Crippen LogP contribution >= 0.6 is 11.8 Å². The Morgan fingerprint density at radius 1 is 0.969 bits per heavy atom. The molecule has 0 fully saturated rings. The molecule has 0 spiro atoms. The van der Waals surface area contributed by atoms with Crippen LogP contribution in [-0.4, -0.2) is 27.1 Å². The number of anilines is 2. The summed E-state index contributed by atoms with van der Waals surface area (Å²) in [6, 6.07) is 19.7. The van der Waals surface area contributed by atoms with Gasteiger partial charge in [0.2, 0.25) is 5.91 Å². The van der Waals surface area contributed by atoms with E-state index in [-0.39, 0.29) is 17.3 Å². The third-order valence-corrected chi connectivity index (χ3v) is 7.79. The van der Waals surface area contributed by atoms with Crippen LogP contribution in [-0.2, 0) is 21.2 Å². The molecule has 3 aromatic carbocycles. The van der Waals surface area contributed by atoms with E-state index in [4.69, 9.17) is 0 Å². The Balaban J connectivity index is 1.96. The molecule has 0 aromatic heterocycles. The zero-order valence-corrected chi connectivity index (χ0v) is 20.4. The Kier molecular flexibility index (Phi) is 7.64. The second kappa shape index (κ2) is 10.2. The highest BCUT2D eigenvalue weighted by atomic mass is 32.2. The monoisotopic (exact) mass is 468 g/mol. The maximum Gasteiger partial charge on any atom is 0.264 e. The van der Waals surface area contributed by atoms with Crippen LogP contribution in [0.25, 0.3) is 0 Å². The first-order chi connectivity index (χ1) is 15.3. The Labute approximate surface area is 194 Å². The molecule has 0 bridgehead atoms. The summed E-state index contributed by atoms with van der Waals surface area (Å²) in [5, 5.41) is 2.93. The highest BCUT2D eigenvalue weighted by Gasteiger charge is 2.27. The van der Waals surface area contributed by atoms with Gasteiger partial charge in [-0.1, -0.05) is 42.8 Å². The van der Waals surface area contributed by atoms with Crippen molar-refractivity contribution in [1.29, 1.82) is 0 Å². The fraction of sp³-hybridized carbons (Fsp3) is 0.240. The summed E-state index contributed by atoms with van der Waals surface area (Å²) in [7, 11) is -3.94. The Hall–Kier alpha value is -2.77. The lowest BCUT2D eigenvalue weighted by Crippen LogP contribution is -2.38. The van der Waals surface area contributed by atoms with Crippen molar-refractivity contribution >= 4 is 39.1 Å². The fourth-order valence-electron chi connectivity index (χ4n) is 3.41. The molecule has 0 aliphatic carbocycles. The van der Waals surface area contributed by atoms with Gasteiger partial charge in [0.25, 0.3) is 10.0 Å². The normalized spacial score (nSPS) is 11.2. The van der Waals surface area contributed by atoms with Crippen LogP contribution in [0.2, 0.25) is 0 Å². The lowest BCUT2D eigenvalue weighted by molar-refractivity contribution is -0.114. The van der Waals surface area contributed by atoms with E-state index in [0.29, 0.717) is 5.69 Å². The summed E-state index contributed by atoms with van der Waals surface area (Å²) < 4.78 is 28.2. The number of aryl methyl sites for hydroxylation is 3. The molecule has 32 heavy (non-hydrogen) atoms. The molecule has 3 aromatic rings. The molecule has 0 radical (unpaired) electrons. The van der Waals surface area contributed by atoms with Crippen LogP contribution in [0.5, 0.6) is 0 Å². The summed E-state index contributed by atoms with van der Waals surface area (Å²) >= 11 is 1.54. The van der Waals surface area contributed by atoms with Gasteiger partial charge in [-0.2, -0.15) is 0 Å². The van der Waals surface area contributed by atoms with E-state index in [9.17, 15) is 13.2 Å². The molecule has 5 nitrogen and oxygen atoms in total. The molecular weight excluding hydrogens is 440 g/mol. The number of para-hydroxylation sites is 1. The van der Waals surface area contributed by atoms with Gasteiger partial charge in [-0.05, 0) is 74.0 Å². The minimum absolute atomic E-state index is 0.147. The van der Waals surface area contributed by atoms with E-state index >= 15 is 0 Å². The van der Waals surface area contributed by atoms with Gasteiger partial charge in [0.1, 0.15) is 6.54 Å². The van der Waals surface area contributed by atoms with Crippen LogP contribution in [0, 0.1) is 13.8 Å². The molecular formula is C25H28N2O3S2. The van der Waals surface area contributed by atoms with Gasteiger partial charge in [0.05, 0.1) is 10.6 Å². The number of thioether (sulfide) groups is 1. The highest BCUT2D eigenvalue weighted by Crippen LogP contribution is 2.27. The number of hydrogen-bond donors (Lipinski definition) is 1. The number of amides is 1. The quantitative estimate of drug-likeness (QED) is 0.448. The van der Waals surface area contributed by atoms with Gasteiger partial charge in [-0.3, -0.25) is 9.10 Å². The fourth-order valence-corrected chi connectivity index (χ4v) is 5.24. The molecule has 0 atom stereocenters. The summed E-state index contributed by atoms with van der Waals surface area (Å²) in [5.41, 5.74) is 4.14. The molecule has 1 N–H and O–H groups in total. The summed E-state index contributed by atoms with van der Waals surface area (Å²) in [5.74, 6) is -0.390. The summed E-state index contributed by atoms with van der Waals surface area (Å²) in [6.07, 6.45) is 2.70. The number of nitrogens with zero attached hydrogens (tertiary/aromatic N) is 1. The van der Waals surface area contributed by atoms with Gasteiger partial charge in [0, 0.05) is 10.6 Å². The Morgan fingerprint density at radius 2 is 1.62 bits per heavy atom. The van der Waals surface area contributed by atoms with Crippen molar-refractivity contribution in [1.82, 2.24) is 0 Å². The first-order valence-electron chi connectivity index (χ1n) is 10.4. The lowest BCUT2D eigenvalue weighted by atomic mass is 10.1. The van der Waals surface area contributed by atoms with Crippen LogP contribution in [0.15, 0.2) is 76.5 Å². The predicted octanol–water partition coefficient (Wildman–Crippen LogP) is 5.42. The van der Waals surface area contributed by atoms with Crippen molar-refractivity contribution in [2.24, 2.45) is 0 Å².